The predicted octanol–water partition coefficient (Wildman–Crippen LogP) is 10.8. The Bertz CT molecular complexity index is 2990. The van der Waals surface area contributed by atoms with Gasteiger partial charge in [-0.15, -0.1) is 0 Å². The van der Waals surface area contributed by atoms with Gasteiger partial charge in [-0.05, 0) is 97.9 Å². The van der Waals surface area contributed by atoms with Crippen molar-refractivity contribution in [3.05, 3.63) is 122 Å². The van der Waals surface area contributed by atoms with Crippen molar-refractivity contribution in [2.24, 2.45) is 0 Å². The smallest absolute Gasteiger partial charge is 0.418 e. The van der Waals surface area contributed by atoms with Crippen LogP contribution in [0.25, 0.3) is 22.2 Å². The molecule has 6 aromatic rings. The molecule has 0 saturated carbocycles. The molecular formula is C54H64ClF5N8O6Si. The van der Waals surface area contributed by atoms with E-state index in [1.165, 1.54) is 33.4 Å². The third-order valence-corrected chi connectivity index (χ3v) is 15.9. The molecule has 0 amide bonds. The molecule has 2 aliphatic heterocycles. The van der Waals surface area contributed by atoms with Gasteiger partial charge in [0.15, 0.2) is 11.6 Å². The van der Waals surface area contributed by atoms with E-state index in [-0.39, 0.29) is 82.6 Å². The summed E-state index contributed by atoms with van der Waals surface area (Å²) >= 11 is 7.24. The minimum absolute atomic E-state index is 0.0559. The Morgan fingerprint density at radius 1 is 0.973 bits per heavy atom. The lowest BCUT2D eigenvalue weighted by Crippen LogP contribution is -2.44. The number of pyridine rings is 2. The number of aromatic nitrogens is 4. The molecule has 0 unspecified atom stereocenters. The van der Waals surface area contributed by atoms with Crippen molar-refractivity contribution in [2.45, 2.75) is 103 Å². The minimum atomic E-state index is -5.09. The number of rotatable bonds is 22. The Kier molecular flexibility index (Phi) is 17.0. The zero-order valence-corrected chi connectivity index (χ0v) is 45.0. The first kappa shape index (κ1) is 55.2. The summed E-state index contributed by atoms with van der Waals surface area (Å²) in [5.74, 6) is -0.532. The fourth-order valence-electron chi connectivity index (χ4n) is 9.82. The van der Waals surface area contributed by atoms with Crippen molar-refractivity contribution >= 4 is 42.1 Å². The van der Waals surface area contributed by atoms with Gasteiger partial charge < -0.3 is 39.6 Å². The van der Waals surface area contributed by atoms with Crippen LogP contribution >= 0.6 is 11.6 Å². The average molecular weight is 1080 g/mol. The van der Waals surface area contributed by atoms with Crippen LogP contribution in [0.5, 0.6) is 23.3 Å². The lowest BCUT2D eigenvalue weighted by atomic mass is 9.95. The normalized spacial score (nSPS) is 17.3. The molecule has 0 radical (unpaired) electrons. The summed E-state index contributed by atoms with van der Waals surface area (Å²) in [5, 5.41) is 2.20. The van der Waals surface area contributed by atoms with E-state index in [1.54, 1.807) is 41.4 Å². The molecule has 2 saturated heterocycles. The Hall–Kier alpha value is -6.06. The number of hydrogen-bond acceptors (Lipinski definition) is 13. The van der Waals surface area contributed by atoms with Gasteiger partial charge in [0.2, 0.25) is 0 Å². The number of methoxy groups -OCH3 is 2. The number of nitrogens with two attached hydrogens (primary N) is 1. The number of benzene rings is 3. The fourth-order valence-corrected chi connectivity index (χ4v) is 10.9. The van der Waals surface area contributed by atoms with Crippen LogP contribution in [-0.4, -0.2) is 97.9 Å². The van der Waals surface area contributed by atoms with E-state index in [1.807, 2.05) is 36.1 Å². The maximum absolute atomic E-state index is 18.2. The van der Waals surface area contributed by atoms with Crippen LogP contribution in [0.15, 0.2) is 77.9 Å². The Labute approximate surface area is 439 Å². The molecule has 3 aromatic heterocycles. The molecule has 0 bridgehead atoms. The van der Waals surface area contributed by atoms with Crippen LogP contribution in [-0.2, 0) is 30.7 Å². The molecule has 2 aliphatic rings. The maximum Gasteiger partial charge on any atom is 0.418 e. The SMILES string of the molecule is COc1ccc(CN(Cc2ccc(OC)cc2)c2cc(C)c(C(F)(F)F)c(-c3c(Cl)c(OCCN[C@@H](C)c4cncc(N)c4)c4c(=O)n(COCC[Si](C)(C)C)c(OC[C@@]56CCCN5C[C@H](F)C6)nc4c3F)n2)cc1. The fraction of sp³-hybridized carbons (Fsp3) is 0.444. The minimum Gasteiger partial charge on any atom is -0.497 e. The van der Waals surface area contributed by atoms with Crippen molar-refractivity contribution in [3.63, 3.8) is 0 Å². The van der Waals surface area contributed by atoms with E-state index in [4.69, 9.17) is 41.0 Å². The van der Waals surface area contributed by atoms with Gasteiger partial charge in [-0.1, -0.05) is 55.5 Å². The number of fused-ring (bicyclic) bond motifs is 2. The van der Waals surface area contributed by atoms with E-state index in [2.05, 4.69) is 39.9 Å². The summed E-state index contributed by atoms with van der Waals surface area (Å²) < 4.78 is 111. The molecule has 75 heavy (non-hydrogen) atoms. The van der Waals surface area contributed by atoms with Gasteiger partial charge in [0.1, 0.15) is 54.3 Å². The van der Waals surface area contributed by atoms with E-state index in [9.17, 15) is 0 Å². The Morgan fingerprint density at radius 2 is 1.64 bits per heavy atom. The van der Waals surface area contributed by atoms with Crippen LogP contribution in [0, 0.1) is 12.7 Å². The molecule has 3 atom stereocenters. The Balaban J connectivity index is 1.31. The second-order valence-corrected chi connectivity index (χ2v) is 26.5. The maximum atomic E-state index is 18.2. The number of alkyl halides is 4. The number of anilines is 2. The zero-order valence-electron chi connectivity index (χ0n) is 43.3. The van der Waals surface area contributed by atoms with E-state index >= 15 is 26.7 Å². The number of hydrogen-bond donors (Lipinski definition) is 2. The molecule has 14 nitrogen and oxygen atoms in total. The zero-order chi connectivity index (χ0) is 53.8. The number of halogens is 6. The summed E-state index contributed by atoms with van der Waals surface area (Å²) in [4.78, 5) is 32.4. The second kappa shape index (κ2) is 23.0. The third-order valence-electron chi connectivity index (χ3n) is 13.8. The van der Waals surface area contributed by atoms with Crippen LogP contribution in [0.4, 0.5) is 33.5 Å². The van der Waals surface area contributed by atoms with Crippen molar-refractivity contribution in [2.75, 3.05) is 64.3 Å². The molecule has 0 spiro atoms. The first-order chi connectivity index (χ1) is 35.7. The average Bonchev–Trinajstić information content (AvgIpc) is 3.91. The topological polar surface area (TPSA) is 151 Å². The summed E-state index contributed by atoms with van der Waals surface area (Å²) in [7, 11) is 1.46. The predicted molar refractivity (Wildman–Crippen MR) is 283 cm³/mol. The van der Waals surface area contributed by atoms with Crippen LogP contribution in [0.2, 0.25) is 30.7 Å². The van der Waals surface area contributed by atoms with Gasteiger partial charge in [-0.2, -0.15) is 18.2 Å². The lowest BCUT2D eigenvalue weighted by Gasteiger charge is -2.31. The summed E-state index contributed by atoms with van der Waals surface area (Å²) in [6, 6.07) is 17.5. The Morgan fingerprint density at radius 3 is 2.25 bits per heavy atom. The van der Waals surface area contributed by atoms with Crippen LogP contribution < -0.4 is 40.5 Å². The summed E-state index contributed by atoms with van der Waals surface area (Å²) in [6.07, 6.45) is -1.46. The number of nitrogens with one attached hydrogen (secondary N) is 1. The van der Waals surface area contributed by atoms with E-state index in [0.717, 1.165) is 33.7 Å². The van der Waals surface area contributed by atoms with Crippen molar-refractivity contribution < 1.29 is 45.6 Å². The second-order valence-electron chi connectivity index (χ2n) is 20.5. The third kappa shape index (κ3) is 12.6. The van der Waals surface area contributed by atoms with Gasteiger partial charge in [0.25, 0.3) is 5.56 Å². The van der Waals surface area contributed by atoms with Crippen LogP contribution in [0.1, 0.15) is 60.0 Å². The number of aryl methyl sites for hydroxylation is 1. The molecule has 0 aliphatic carbocycles. The van der Waals surface area contributed by atoms with E-state index in [0.29, 0.717) is 30.2 Å². The molecule has 8 rings (SSSR count). The molecular weight excluding hydrogens is 1020 g/mol. The van der Waals surface area contributed by atoms with Crippen molar-refractivity contribution in [3.8, 4) is 34.5 Å². The number of ether oxygens (including phenoxy) is 5. The lowest BCUT2D eigenvalue weighted by molar-refractivity contribution is -0.137. The summed E-state index contributed by atoms with van der Waals surface area (Å²) in [6.45, 7) is 10.5. The molecule has 402 valence electrons. The summed E-state index contributed by atoms with van der Waals surface area (Å²) in [5.41, 5.74) is 3.28. The van der Waals surface area contributed by atoms with Gasteiger partial charge in [-0.25, -0.2) is 18.3 Å². The van der Waals surface area contributed by atoms with Crippen molar-refractivity contribution in [1.29, 1.82) is 0 Å². The van der Waals surface area contributed by atoms with Crippen molar-refractivity contribution in [1.82, 2.24) is 29.7 Å². The van der Waals surface area contributed by atoms with Gasteiger partial charge in [0.05, 0.1) is 47.3 Å². The highest BCUT2D eigenvalue weighted by molar-refractivity contribution is 6.76. The van der Waals surface area contributed by atoms with Crippen LogP contribution in [0.3, 0.4) is 0 Å². The first-order valence-corrected chi connectivity index (χ1v) is 29.0. The highest BCUT2D eigenvalue weighted by Crippen LogP contribution is 2.48. The van der Waals surface area contributed by atoms with Gasteiger partial charge in [0, 0.05) is 65.7 Å². The highest BCUT2D eigenvalue weighted by atomic mass is 35.5. The number of nitrogen functional groups attached to an aromatic ring is 1. The monoisotopic (exact) mass is 1080 g/mol. The largest absolute Gasteiger partial charge is 0.497 e. The van der Waals surface area contributed by atoms with Gasteiger partial charge in [-0.3, -0.25) is 14.7 Å². The van der Waals surface area contributed by atoms with Gasteiger partial charge >= 0.3 is 12.2 Å². The molecule has 3 aromatic carbocycles. The molecule has 2 fully saturated rings. The van der Waals surface area contributed by atoms with E-state index < -0.39 is 75.8 Å². The molecule has 5 heterocycles. The number of nitrogens with zero attached hydrogens (tertiary/aromatic N) is 6. The standard InChI is InChI=1S/C54H64ClF5N8O6Si/c1-33-23-42(66(28-35-9-13-40(70-3)14-10-35)29-36-11-15-41(71-4)16-12-36)64-48(45(33)54(58,59)60)43-46(55)50(73-20-18-63-34(2)37-24-39(61)27-62-26-37)44-49(47(43)57)65-52(68(51(44)69)32-72-21-22-75(5,6)7)74-31-53-17-8-19-67(53)30-38(56)25-53/h9-16,23-24,26-27,34,38,63H,8,17-22,25,28-32,61H2,1-7H3/t34-,38+,53-/m0/s1. The highest BCUT2D eigenvalue weighted by Gasteiger charge is 2.49. The molecule has 21 heteroatoms. The first-order valence-electron chi connectivity index (χ1n) is 24.9. The molecule has 3 N–H and O–H groups in total. The quantitative estimate of drug-likeness (QED) is 0.0377.